The Bertz CT molecular complexity index is 281. The third kappa shape index (κ3) is 3.55. The summed E-state index contributed by atoms with van der Waals surface area (Å²) in [5.41, 5.74) is 0. The molecule has 3 nitrogen and oxygen atoms in total. The van der Waals surface area contributed by atoms with Gasteiger partial charge in [0.05, 0.1) is 11.6 Å². The largest absolute Gasteiger partial charge is 0.395 e. The lowest BCUT2D eigenvalue weighted by molar-refractivity contribution is 0.300. The Morgan fingerprint density at radius 2 is 2.36 bits per heavy atom. The van der Waals surface area contributed by atoms with Crippen molar-refractivity contribution in [3.05, 3.63) is 18.2 Å². The topological polar surface area (TPSA) is 45.1 Å². The average Bonchev–Trinajstić information content (AvgIpc) is 2.19. The van der Waals surface area contributed by atoms with Crippen LogP contribution in [0.4, 0.5) is 5.82 Å². The van der Waals surface area contributed by atoms with Gasteiger partial charge in [0.1, 0.15) is 5.82 Å². The van der Waals surface area contributed by atoms with Gasteiger partial charge in [0.2, 0.25) is 0 Å². The maximum Gasteiger partial charge on any atom is 0.127 e. The first-order valence-corrected chi connectivity index (χ1v) is 5.62. The smallest absolute Gasteiger partial charge is 0.127 e. The van der Waals surface area contributed by atoms with Crippen molar-refractivity contribution in [1.29, 1.82) is 0 Å². The van der Waals surface area contributed by atoms with Gasteiger partial charge >= 0.3 is 0 Å². The lowest BCUT2D eigenvalue weighted by Crippen LogP contribution is -2.03. The molecule has 0 bridgehead atoms. The van der Waals surface area contributed by atoms with E-state index >= 15 is 0 Å². The molecular weight excluding hydrogens is 196 g/mol. The molecule has 0 amide bonds. The summed E-state index contributed by atoms with van der Waals surface area (Å²) in [5.74, 6) is 0.891. The number of anilines is 1. The molecule has 1 aromatic heterocycles. The van der Waals surface area contributed by atoms with Crippen molar-refractivity contribution < 1.29 is 5.11 Å². The van der Waals surface area contributed by atoms with Crippen molar-refractivity contribution >= 4 is 17.6 Å². The Morgan fingerprint density at radius 1 is 1.57 bits per heavy atom. The van der Waals surface area contributed by atoms with Crippen LogP contribution in [0.1, 0.15) is 13.8 Å². The molecule has 0 aromatic carbocycles. The Kier molecular flexibility index (Phi) is 4.76. The van der Waals surface area contributed by atoms with E-state index in [4.69, 9.17) is 5.11 Å². The van der Waals surface area contributed by atoms with Crippen LogP contribution >= 0.6 is 11.8 Å². The third-order valence-electron chi connectivity index (χ3n) is 1.66. The van der Waals surface area contributed by atoms with E-state index in [0.717, 1.165) is 17.4 Å². The van der Waals surface area contributed by atoms with E-state index in [-0.39, 0.29) is 11.9 Å². The number of nitrogens with zero attached hydrogens (tertiary/aromatic N) is 1. The van der Waals surface area contributed by atoms with Gasteiger partial charge in [0.15, 0.2) is 0 Å². The van der Waals surface area contributed by atoms with Crippen molar-refractivity contribution in [2.24, 2.45) is 0 Å². The van der Waals surface area contributed by atoms with Crippen LogP contribution in [0.15, 0.2) is 23.2 Å². The van der Waals surface area contributed by atoms with Gasteiger partial charge in [0.25, 0.3) is 0 Å². The molecule has 0 fully saturated rings. The fraction of sp³-hybridized carbons (Fsp3) is 0.500. The molecule has 0 spiro atoms. The van der Waals surface area contributed by atoms with Gasteiger partial charge in [0, 0.05) is 11.8 Å². The monoisotopic (exact) mass is 212 g/mol. The number of pyridine rings is 1. The molecule has 1 aromatic rings. The number of aliphatic hydroxyl groups excluding tert-OH is 1. The summed E-state index contributed by atoms with van der Waals surface area (Å²) in [6, 6.07) is 5.87. The normalized spacial score (nSPS) is 12.5. The van der Waals surface area contributed by atoms with Crippen molar-refractivity contribution in [2.45, 2.75) is 24.1 Å². The molecule has 1 unspecified atom stereocenters. The molecule has 4 heteroatoms. The first kappa shape index (κ1) is 11.3. The number of rotatable bonds is 5. The molecule has 0 radical (unpaired) electrons. The van der Waals surface area contributed by atoms with Crippen LogP contribution in [0.2, 0.25) is 0 Å². The lowest BCUT2D eigenvalue weighted by Gasteiger charge is -2.08. The Labute approximate surface area is 88.9 Å². The molecule has 14 heavy (non-hydrogen) atoms. The van der Waals surface area contributed by atoms with Crippen LogP contribution in [-0.4, -0.2) is 28.5 Å². The van der Waals surface area contributed by atoms with Crippen molar-refractivity contribution in [3.63, 3.8) is 0 Å². The quantitative estimate of drug-likeness (QED) is 0.733. The molecule has 1 atom stereocenters. The first-order valence-electron chi connectivity index (χ1n) is 4.74. The second-order valence-corrected chi connectivity index (χ2v) is 4.46. The summed E-state index contributed by atoms with van der Waals surface area (Å²) in [5, 5.41) is 13.2. The fourth-order valence-corrected chi connectivity index (χ4v) is 1.80. The molecule has 78 valence electrons. The fourth-order valence-electron chi connectivity index (χ4n) is 1.00. The summed E-state index contributed by atoms with van der Waals surface area (Å²) in [6.45, 7) is 5.07. The van der Waals surface area contributed by atoms with E-state index in [2.05, 4.69) is 10.3 Å². The van der Waals surface area contributed by atoms with Gasteiger partial charge in [-0.25, -0.2) is 4.98 Å². The molecule has 2 N–H and O–H groups in total. The molecule has 0 saturated heterocycles. The van der Waals surface area contributed by atoms with E-state index in [1.807, 2.05) is 32.0 Å². The van der Waals surface area contributed by atoms with Crippen LogP contribution in [0.3, 0.4) is 0 Å². The van der Waals surface area contributed by atoms with E-state index in [9.17, 15) is 0 Å². The predicted octanol–water partition coefficient (Wildman–Crippen LogP) is 1.99. The summed E-state index contributed by atoms with van der Waals surface area (Å²) in [6.07, 6.45) is 0. The second-order valence-electron chi connectivity index (χ2n) is 3.00. The van der Waals surface area contributed by atoms with Crippen LogP contribution < -0.4 is 5.32 Å². The predicted molar refractivity (Wildman–Crippen MR) is 60.8 cm³/mol. The van der Waals surface area contributed by atoms with Crippen LogP contribution in [-0.2, 0) is 0 Å². The van der Waals surface area contributed by atoms with Crippen LogP contribution in [0.5, 0.6) is 0 Å². The standard InChI is InChI=1S/C10H16N2OS/c1-3-11-9-5-4-6-10(12-9)14-8(2)7-13/h4-6,8,13H,3,7H2,1-2H3,(H,11,12). The molecule has 0 saturated carbocycles. The molecule has 1 heterocycles. The van der Waals surface area contributed by atoms with Crippen LogP contribution in [0.25, 0.3) is 0 Å². The Hall–Kier alpha value is -0.740. The summed E-state index contributed by atoms with van der Waals surface area (Å²) < 4.78 is 0. The maximum atomic E-state index is 8.90. The molecule has 0 aliphatic carbocycles. The highest BCUT2D eigenvalue weighted by atomic mass is 32.2. The Balaban J connectivity index is 2.63. The molecule has 0 aliphatic rings. The van der Waals surface area contributed by atoms with Crippen molar-refractivity contribution in [3.8, 4) is 0 Å². The number of aromatic nitrogens is 1. The van der Waals surface area contributed by atoms with Gasteiger partial charge in [-0.05, 0) is 19.1 Å². The van der Waals surface area contributed by atoms with E-state index in [1.165, 1.54) is 0 Å². The van der Waals surface area contributed by atoms with E-state index in [0.29, 0.717) is 0 Å². The zero-order chi connectivity index (χ0) is 10.4. The highest BCUT2D eigenvalue weighted by Crippen LogP contribution is 2.21. The second kappa shape index (κ2) is 5.88. The summed E-state index contributed by atoms with van der Waals surface area (Å²) in [4.78, 5) is 4.39. The summed E-state index contributed by atoms with van der Waals surface area (Å²) in [7, 11) is 0. The van der Waals surface area contributed by atoms with E-state index in [1.54, 1.807) is 11.8 Å². The molecule has 1 rings (SSSR count). The van der Waals surface area contributed by atoms with Crippen LogP contribution in [0, 0.1) is 0 Å². The number of hydrogen-bond acceptors (Lipinski definition) is 4. The zero-order valence-electron chi connectivity index (χ0n) is 8.53. The third-order valence-corrected chi connectivity index (χ3v) is 2.68. The highest BCUT2D eigenvalue weighted by Gasteiger charge is 2.03. The summed E-state index contributed by atoms with van der Waals surface area (Å²) >= 11 is 1.58. The number of nitrogens with one attached hydrogen (secondary N) is 1. The Morgan fingerprint density at radius 3 is 3.00 bits per heavy atom. The van der Waals surface area contributed by atoms with Gasteiger partial charge < -0.3 is 10.4 Å². The number of hydrogen-bond donors (Lipinski definition) is 2. The minimum absolute atomic E-state index is 0.178. The first-order chi connectivity index (χ1) is 6.76. The minimum Gasteiger partial charge on any atom is -0.395 e. The molecule has 0 aliphatic heterocycles. The zero-order valence-corrected chi connectivity index (χ0v) is 9.34. The van der Waals surface area contributed by atoms with Gasteiger partial charge in [-0.15, -0.1) is 11.8 Å². The number of thioether (sulfide) groups is 1. The SMILES string of the molecule is CCNc1cccc(SC(C)CO)n1. The minimum atomic E-state index is 0.178. The van der Waals surface area contributed by atoms with Gasteiger partial charge in [-0.2, -0.15) is 0 Å². The van der Waals surface area contributed by atoms with E-state index < -0.39 is 0 Å². The van der Waals surface area contributed by atoms with Crippen molar-refractivity contribution in [1.82, 2.24) is 4.98 Å². The molecular formula is C10H16N2OS. The maximum absolute atomic E-state index is 8.90. The average molecular weight is 212 g/mol. The van der Waals surface area contributed by atoms with Gasteiger partial charge in [-0.1, -0.05) is 13.0 Å². The van der Waals surface area contributed by atoms with Crippen molar-refractivity contribution in [2.75, 3.05) is 18.5 Å². The highest BCUT2D eigenvalue weighted by molar-refractivity contribution is 7.99. The number of aliphatic hydroxyl groups is 1. The van der Waals surface area contributed by atoms with Gasteiger partial charge in [-0.3, -0.25) is 0 Å². The lowest BCUT2D eigenvalue weighted by atomic mass is 10.4.